The summed E-state index contributed by atoms with van der Waals surface area (Å²) in [7, 11) is 0. The standard InChI is InChI=1S/C23H24FN7O2S/c1-13(25)8-21(34)30-18-11-19(17(24)10-16(18)22(26)32)29-20(23(27)33)9-14-2-4-15(5-3-14)31-7-6-28-12-31/h2-8,10-12,20,29H,9,25H2,1H3,(H2,26,32)(H2,27,33)(H,30,34). The second kappa shape index (κ2) is 10.6. The zero-order valence-corrected chi connectivity index (χ0v) is 19.1. The first kappa shape index (κ1) is 24.4. The molecule has 3 aromatic rings. The van der Waals surface area contributed by atoms with Crippen LogP contribution in [0.4, 0.5) is 15.8 Å². The Morgan fingerprint density at radius 2 is 1.88 bits per heavy atom. The van der Waals surface area contributed by atoms with Crippen LogP contribution in [0.15, 0.2) is 66.9 Å². The van der Waals surface area contributed by atoms with Crippen LogP contribution in [-0.4, -0.2) is 32.4 Å². The normalized spacial score (nSPS) is 12.1. The maximum Gasteiger partial charge on any atom is 0.250 e. The Morgan fingerprint density at radius 3 is 2.44 bits per heavy atom. The van der Waals surface area contributed by atoms with Crippen molar-refractivity contribution >= 4 is 40.4 Å². The minimum atomic E-state index is -0.931. The Kier molecular flexibility index (Phi) is 7.59. The Balaban J connectivity index is 1.84. The van der Waals surface area contributed by atoms with E-state index in [2.05, 4.69) is 15.6 Å². The van der Waals surface area contributed by atoms with Gasteiger partial charge in [0.05, 0.1) is 23.3 Å². The molecule has 34 heavy (non-hydrogen) atoms. The summed E-state index contributed by atoms with van der Waals surface area (Å²) < 4.78 is 16.6. The number of halogens is 1. The van der Waals surface area contributed by atoms with E-state index in [1.165, 1.54) is 12.1 Å². The van der Waals surface area contributed by atoms with E-state index in [0.29, 0.717) is 5.70 Å². The van der Waals surface area contributed by atoms with E-state index in [1.54, 1.807) is 19.4 Å². The minimum Gasteiger partial charge on any atom is -0.402 e. The maximum absolute atomic E-state index is 14.8. The number of hydrogen-bond donors (Lipinski definition) is 5. The molecule has 11 heteroatoms. The zero-order valence-electron chi connectivity index (χ0n) is 18.3. The summed E-state index contributed by atoms with van der Waals surface area (Å²) in [5, 5.41) is 5.62. The van der Waals surface area contributed by atoms with Crippen molar-refractivity contribution in [1.82, 2.24) is 9.55 Å². The van der Waals surface area contributed by atoms with Gasteiger partial charge in [-0.05, 0) is 42.8 Å². The lowest BCUT2D eigenvalue weighted by atomic mass is 10.0. The molecule has 2 amide bonds. The molecule has 0 radical (unpaired) electrons. The highest BCUT2D eigenvalue weighted by molar-refractivity contribution is 7.81. The van der Waals surface area contributed by atoms with Crippen molar-refractivity contribution in [2.24, 2.45) is 17.2 Å². The number of rotatable bonds is 9. The van der Waals surface area contributed by atoms with Crippen LogP contribution in [0.2, 0.25) is 0 Å². The molecule has 9 nitrogen and oxygen atoms in total. The van der Waals surface area contributed by atoms with Crippen LogP contribution >= 0.6 is 12.2 Å². The van der Waals surface area contributed by atoms with Crippen LogP contribution in [0.3, 0.4) is 0 Å². The lowest BCUT2D eigenvalue weighted by Gasteiger charge is -2.19. The third kappa shape index (κ3) is 6.17. The van der Waals surface area contributed by atoms with Crippen molar-refractivity contribution in [1.29, 1.82) is 0 Å². The fourth-order valence-corrected chi connectivity index (χ4v) is 3.52. The highest BCUT2D eigenvalue weighted by atomic mass is 32.1. The van der Waals surface area contributed by atoms with Gasteiger partial charge in [0, 0.05) is 30.2 Å². The van der Waals surface area contributed by atoms with E-state index in [0.717, 1.165) is 17.3 Å². The van der Waals surface area contributed by atoms with E-state index in [-0.39, 0.29) is 28.3 Å². The number of nitrogens with one attached hydrogen (secondary N) is 2. The average Bonchev–Trinajstić information content (AvgIpc) is 3.29. The molecule has 0 saturated heterocycles. The summed E-state index contributed by atoms with van der Waals surface area (Å²) in [4.78, 5) is 28.1. The molecule has 0 aliphatic rings. The van der Waals surface area contributed by atoms with E-state index < -0.39 is 23.7 Å². The first-order chi connectivity index (χ1) is 16.1. The molecule has 1 aromatic heterocycles. The topological polar surface area (TPSA) is 154 Å². The third-order valence-electron chi connectivity index (χ3n) is 4.84. The molecule has 0 fully saturated rings. The number of aromatic nitrogens is 2. The Hall–Kier alpha value is -4.25. The van der Waals surface area contributed by atoms with Gasteiger partial charge in [0.25, 0.3) is 5.91 Å². The predicted octanol–water partition coefficient (Wildman–Crippen LogP) is 2.22. The second-order valence-corrected chi connectivity index (χ2v) is 8.00. The number of hydrogen-bond acceptors (Lipinski definition) is 6. The van der Waals surface area contributed by atoms with E-state index >= 15 is 0 Å². The van der Waals surface area contributed by atoms with Gasteiger partial charge in [-0.25, -0.2) is 9.37 Å². The summed E-state index contributed by atoms with van der Waals surface area (Å²) in [6.07, 6.45) is 6.82. The summed E-state index contributed by atoms with van der Waals surface area (Å²) in [6.45, 7) is 1.64. The number of carbonyl (C=O) groups excluding carboxylic acids is 2. The van der Waals surface area contributed by atoms with Crippen LogP contribution in [0.5, 0.6) is 0 Å². The molecule has 0 aliphatic carbocycles. The number of carbonyl (C=O) groups is 2. The summed E-state index contributed by atoms with van der Waals surface area (Å²) in [6, 6.07) is 8.75. The molecule has 2 aromatic carbocycles. The molecule has 1 unspecified atom stereocenters. The maximum atomic E-state index is 14.8. The number of imidazole rings is 1. The van der Waals surface area contributed by atoms with Gasteiger partial charge >= 0.3 is 0 Å². The van der Waals surface area contributed by atoms with Crippen molar-refractivity contribution in [2.75, 3.05) is 10.6 Å². The SMILES string of the molecule is CC(N)=CC(=S)Nc1cc(NC(Cc2ccc(-n3ccnc3)cc2)C(N)=O)c(F)cc1C(N)=O. The highest BCUT2D eigenvalue weighted by Gasteiger charge is 2.20. The smallest absolute Gasteiger partial charge is 0.250 e. The van der Waals surface area contributed by atoms with Gasteiger partial charge in [-0.15, -0.1) is 0 Å². The van der Waals surface area contributed by atoms with Crippen molar-refractivity contribution in [3.8, 4) is 5.69 Å². The monoisotopic (exact) mass is 481 g/mol. The van der Waals surface area contributed by atoms with Crippen molar-refractivity contribution in [3.63, 3.8) is 0 Å². The van der Waals surface area contributed by atoms with Gasteiger partial charge in [-0.3, -0.25) is 9.59 Å². The average molecular weight is 482 g/mol. The summed E-state index contributed by atoms with van der Waals surface area (Å²) >= 11 is 5.18. The lowest BCUT2D eigenvalue weighted by molar-refractivity contribution is -0.118. The van der Waals surface area contributed by atoms with E-state index in [1.807, 2.05) is 35.0 Å². The van der Waals surface area contributed by atoms with Crippen LogP contribution in [0, 0.1) is 5.82 Å². The number of benzene rings is 2. The Bertz CT molecular complexity index is 1240. The number of thiocarbonyl (C=S) groups is 1. The Labute approximate surface area is 200 Å². The first-order valence-electron chi connectivity index (χ1n) is 10.1. The molecule has 176 valence electrons. The molecule has 0 spiro atoms. The Morgan fingerprint density at radius 1 is 1.18 bits per heavy atom. The largest absolute Gasteiger partial charge is 0.402 e. The predicted molar refractivity (Wildman–Crippen MR) is 133 cm³/mol. The van der Waals surface area contributed by atoms with Gasteiger partial charge in [-0.2, -0.15) is 0 Å². The number of primary amides is 2. The molecule has 0 bridgehead atoms. The number of amides is 2. The number of nitrogens with two attached hydrogens (primary N) is 3. The van der Waals surface area contributed by atoms with Gasteiger partial charge in [0.1, 0.15) is 16.8 Å². The fourth-order valence-electron chi connectivity index (χ4n) is 3.23. The van der Waals surface area contributed by atoms with E-state index in [9.17, 15) is 14.0 Å². The molecule has 8 N–H and O–H groups in total. The molecule has 0 aliphatic heterocycles. The number of allylic oxidation sites excluding steroid dienone is 1. The van der Waals surface area contributed by atoms with Gasteiger partial charge in [0.2, 0.25) is 5.91 Å². The minimum absolute atomic E-state index is 0.0532. The van der Waals surface area contributed by atoms with Crippen molar-refractivity contribution in [3.05, 3.63) is 83.8 Å². The molecule has 3 rings (SSSR count). The number of nitrogens with zero attached hydrogens (tertiary/aromatic N) is 2. The second-order valence-electron chi connectivity index (χ2n) is 7.56. The van der Waals surface area contributed by atoms with Crippen molar-refractivity contribution < 1.29 is 14.0 Å². The highest BCUT2D eigenvalue weighted by Crippen LogP contribution is 2.26. The molecular weight excluding hydrogens is 457 g/mol. The third-order valence-corrected chi connectivity index (χ3v) is 5.06. The molecule has 0 saturated carbocycles. The van der Waals surface area contributed by atoms with E-state index in [4.69, 9.17) is 29.4 Å². The number of anilines is 2. The zero-order chi connectivity index (χ0) is 24.8. The quantitative estimate of drug-likeness (QED) is 0.232. The lowest BCUT2D eigenvalue weighted by Crippen LogP contribution is -2.37. The summed E-state index contributed by atoms with van der Waals surface area (Å²) in [5.41, 5.74) is 18.7. The van der Waals surface area contributed by atoms with Crippen molar-refractivity contribution in [2.45, 2.75) is 19.4 Å². The van der Waals surface area contributed by atoms with Crippen LogP contribution in [0.25, 0.3) is 5.69 Å². The van der Waals surface area contributed by atoms with Gasteiger partial charge < -0.3 is 32.4 Å². The molecule has 1 atom stereocenters. The molecule has 1 heterocycles. The van der Waals surface area contributed by atoms with Crippen LogP contribution < -0.4 is 27.8 Å². The van der Waals surface area contributed by atoms with Gasteiger partial charge in [0.15, 0.2) is 0 Å². The summed E-state index contributed by atoms with van der Waals surface area (Å²) in [5.74, 6) is -2.31. The van der Waals surface area contributed by atoms with Gasteiger partial charge in [-0.1, -0.05) is 24.4 Å². The fraction of sp³-hybridized carbons (Fsp3) is 0.130. The van der Waals surface area contributed by atoms with Crippen LogP contribution in [0.1, 0.15) is 22.8 Å². The first-order valence-corrected chi connectivity index (χ1v) is 10.6. The van der Waals surface area contributed by atoms with Crippen LogP contribution in [-0.2, 0) is 11.2 Å². The molecular formula is C23H24FN7O2S.